The second-order valence-electron chi connectivity index (χ2n) is 6.88. The standard InChI is InChI=1S/C21H14F7N3O4/c22-15-6-5-11(35-21(26,27)28)9-13(15)19(34)29-16-10-17(33)31(7-8-32)30-18(16)12-3-1-2-4-14(12)20(23,24)25/h1-6,9-10,32H,7-8H2,(H,29,34). The fraction of sp³-hybridized carbons (Fsp3) is 0.190. The number of halogens is 7. The van der Waals surface area contributed by atoms with Gasteiger partial charge in [-0.3, -0.25) is 9.59 Å². The maximum Gasteiger partial charge on any atom is 0.573 e. The van der Waals surface area contributed by atoms with E-state index in [4.69, 9.17) is 5.11 Å². The molecule has 1 aromatic heterocycles. The Morgan fingerprint density at radius 1 is 1.06 bits per heavy atom. The number of benzene rings is 2. The Kier molecular flexibility index (Phi) is 7.14. The molecule has 0 aliphatic heterocycles. The number of nitrogens with one attached hydrogen (secondary N) is 1. The molecule has 0 saturated carbocycles. The van der Waals surface area contributed by atoms with Gasteiger partial charge in [0.2, 0.25) is 0 Å². The van der Waals surface area contributed by atoms with Gasteiger partial charge in [0.15, 0.2) is 0 Å². The quantitative estimate of drug-likeness (QED) is 0.490. The van der Waals surface area contributed by atoms with Gasteiger partial charge in [-0.1, -0.05) is 18.2 Å². The third kappa shape index (κ3) is 6.15. The van der Waals surface area contributed by atoms with Crippen molar-refractivity contribution in [2.24, 2.45) is 0 Å². The van der Waals surface area contributed by atoms with Gasteiger partial charge in [0.1, 0.15) is 17.3 Å². The molecule has 14 heteroatoms. The summed E-state index contributed by atoms with van der Waals surface area (Å²) < 4.78 is 96.6. The summed E-state index contributed by atoms with van der Waals surface area (Å²) in [7, 11) is 0. The summed E-state index contributed by atoms with van der Waals surface area (Å²) in [6, 6.07) is 6.32. The van der Waals surface area contributed by atoms with Gasteiger partial charge in [0, 0.05) is 11.6 Å². The Balaban J connectivity index is 2.12. The highest BCUT2D eigenvalue weighted by molar-refractivity contribution is 6.06. The monoisotopic (exact) mass is 505 g/mol. The van der Waals surface area contributed by atoms with Gasteiger partial charge < -0.3 is 15.2 Å². The number of aliphatic hydroxyl groups excluding tert-OH is 1. The van der Waals surface area contributed by atoms with Crippen LogP contribution in [0.2, 0.25) is 0 Å². The lowest BCUT2D eigenvalue weighted by atomic mass is 10.0. The molecule has 2 N–H and O–H groups in total. The molecule has 0 aliphatic carbocycles. The normalized spacial score (nSPS) is 11.9. The number of nitrogens with zero attached hydrogens (tertiary/aromatic N) is 2. The van der Waals surface area contributed by atoms with Crippen molar-refractivity contribution in [3.63, 3.8) is 0 Å². The van der Waals surface area contributed by atoms with Crippen LogP contribution in [0.3, 0.4) is 0 Å². The van der Waals surface area contributed by atoms with E-state index in [0.717, 1.165) is 18.2 Å². The number of ether oxygens (including phenoxy) is 1. The zero-order valence-corrected chi connectivity index (χ0v) is 17.2. The molecular weight excluding hydrogens is 491 g/mol. The van der Waals surface area contributed by atoms with Crippen molar-refractivity contribution in [2.45, 2.75) is 19.1 Å². The van der Waals surface area contributed by atoms with E-state index in [1.54, 1.807) is 0 Å². The number of rotatable bonds is 6. The van der Waals surface area contributed by atoms with E-state index in [-0.39, 0.29) is 6.54 Å². The third-order valence-corrected chi connectivity index (χ3v) is 4.46. The Hall–Kier alpha value is -3.94. The minimum atomic E-state index is -5.14. The zero-order chi connectivity index (χ0) is 26.0. The largest absolute Gasteiger partial charge is 0.573 e. The molecule has 186 valence electrons. The molecule has 0 unspecified atom stereocenters. The first-order valence-corrected chi connectivity index (χ1v) is 9.56. The van der Waals surface area contributed by atoms with Crippen LogP contribution in [0.1, 0.15) is 15.9 Å². The van der Waals surface area contributed by atoms with Gasteiger partial charge in [0.25, 0.3) is 11.5 Å². The van der Waals surface area contributed by atoms with Crippen molar-refractivity contribution in [1.82, 2.24) is 9.78 Å². The minimum Gasteiger partial charge on any atom is -0.406 e. The fourth-order valence-electron chi connectivity index (χ4n) is 3.04. The van der Waals surface area contributed by atoms with Gasteiger partial charge in [-0.15, -0.1) is 13.2 Å². The van der Waals surface area contributed by atoms with Gasteiger partial charge in [-0.05, 0) is 24.3 Å². The lowest BCUT2D eigenvalue weighted by Gasteiger charge is -2.17. The van der Waals surface area contributed by atoms with Gasteiger partial charge >= 0.3 is 12.5 Å². The molecule has 1 amide bonds. The molecular formula is C21H14F7N3O4. The van der Waals surface area contributed by atoms with E-state index in [0.29, 0.717) is 28.9 Å². The van der Waals surface area contributed by atoms with Crippen LogP contribution in [0, 0.1) is 5.82 Å². The summed E-state index contributed by atoms with van der Waals surface area (Å²) in [5.41, 5.74) is -4.74. The summed E-state index contributed by atoms with van der Waals surface area (Å²) in [6.45, 7) is -0.976. The molecule has 3 aromatic rings. The first-order chi connectivity index (χ1) is 16.3. The van der Waals surface area contributed by atoms with E-state index < -0.39 is 70.3 Å². The summed E-state index contributed by atoms with van der Waals surface area (Å²) in [5, 5.41) is 14.9. The van der Waals surface area contributed by atoms with Crippen molar-refractivity contribution in [2.75, 3.05) is 11.9 Å². The van der Waals surface area contributed by atoms with Gasteiger partial charge in [-0.25, -0.2) is 9.07 Å². The Bertz CT molecular complexity index is 1300. The molecule has 0 fully saturated rings. The second kappa shape index (κ2) is 9.74. The van der Waals surface area contributed by atoms with Crippen LogP contribution >= 0.6 is 0 Å². The number of hydrogen-bond acceptors (Lipinski definition) is 5. The van der Waals surface area contributed by atoms with Gasteiger partial charge in [0.05, 0.1) is 30.0 Å². The van der Waals surface area contributed by atoms with E-state index in [9.17, 15) is 40.3 Å². The van der Waals surface area contributed by atoms with E-state index in [2.05, 4.69) is 9.84 Å². The first-order valence-electron chi connectivity index (χ1n) is 9.56. The number of aliphatic hydroxyl groups is 1. The predicted octanol–water partition coefficient (Wildman–Crippen LogP) is 4.21. The molecule has 1 heterocycles. The zero-order valence-electron chi connectivity index (χ0n) is 17.2. The number of alkyl halides is 6. The molecule has 0 spiro atoms. The molecule has 7 nitrogen and oxygen atoms in total. The Labute approximate surface area is 191 Å². The van der Waals surface area contributed by atoms with Crippen LogP contribution in [0.5, 0.6) is 5.75 Å². The number of amides is 1. The van der Waals surface area contributed by atoms with E-state index in [1.807, 2.05) is 5.32 Å². The highest BCUT2D eigenvalue weighted by Gasteiger charge is 2.35. The molecule has 0 atom stereocenters. The Morgan fingerprint density at radius 3 is 2.37 bits per heavy atom. The SMILES string of the molecule is O=C(Nc1cc(=O)n(CCO)nc1-c1ccccc1C(F)(F)F)c1cc(OC(F)(F)F)ccc1F. The van der Waals surface area contributed by atoms with Crippen LogP contribution in [0.15, 0.2) is 53.3 Å². The number of hydrogen-bond donors (Lipinski definition) is 2. The van der Waals surface area contributed by atoms with Gasteiger partial charge in [-0.2, -0.15) is 18.3 Å². The average Bonchev–Trinajstić information content (AvgIpc) is 2.75. The lowest BCUT2D eigenvalue weighted by Crippen LogP contribution is -2.27. The summed E-state index contributed by atoms with van der Waals surface area (Å²) in [4.78, 5) is 24.9. The van der Waals surface area contributed by atoms with Crippen molar-refractivity contribution in [3.8, 4) is 17.0 Å². The van der Waals surface area contributed by atoms with Crippen molar-refractivity contribution >= 4 is 11.6 Å². The first kappa shape index (κ1) is 25.7. The molecule has 0 radical (unpaired) electrons. The van der Waals surface area contributed by atoms with E-state index in [1.165, 1.54) is 6.07 Å². The summed E-state index contributed by atoms with van der Waals surface area (Å²) in [6.07, 6.45) is -10.0. The molecule has 0 bridgehead atoms. The van der Waals surface area contributed by atoms with Crippen LogP contribution < -0.4 is 15.6 Å². The highest BCUT2D eigenvalue weighted by atomic mass is 19.4. The Morgan fingerprint density at radius 2 is 1.74 bits per heavy atom. The molecule has 3 rings (SSSR count). The van der Waals surface area contributed by atoms with Crippen molar-refractivity contribution < 1.29 is 45.4 Å². The number of carbonyl (C=O) groups is 1. The summed E-state index contributed by atoms with van der Waals surface area (Å²) >= 11 is 0. The third-order valence-electron chi connectivity index (χ3n) is 4.46. The number of aromatic nitrogens is 2. The van der Waals surface area contributed by atoms with E-state index >= 15 is 0 Å². The summed E-state index contributed by atoms with van der Waals surface area (Å²) in [5.74, 6) is -3.58. The topological polar surface area (TPSA) is 93.5 Å². The maximum atomic E-state index is 14.2. The van der Waals surface area contributed by atoms with Crippen molar-refractivity contribution in [1.29, 1.82) is 0 Å². The maximum absolute atomic E-state index is 14.2. The minimum absolute atomic E-state index is 0.389. The molecule has 0 aliphatic rings. The lowest BCUT2D eigenvalue weighted by molar-refractivity contribution is -0.274. The molecule has 2 aromatic carbocycles. The van der Waals surface area contributed by atoms with Crippen LogP contribution in [-0.4, -0.2) is 33.8 Å². The number of anilines is 1. The number of carbonyl (C=O) groups excluding carboxylic acids is 1. The average molecular weight is 505 g/mol. The second-order valence-corrected chi connectivity index (χ2v) is 6.88. The van der Waals surface area contributed by atoms with Crippen LogP contribution in [-0.2, 0) is 12.7 Å². The van der Waals surface area contributed by atoms with Crippen molar-refractivity contribution in [3.05, 3.63) is 75.8 Å². The van der Waals surface area contributed by atoms with Crippen LogP contribution in [0.4, 0.5) is 36.4 Å². The highest BCUT2D eigenvalue weighted by Crippen LogP contribution is 2.38. The fourth-order valence-corrected chi connectivity index (χ4v) is 3.04. The molecule has 0 saturated heterocycles. The molecule has 35 heavy (non-hydrogen) atoms. The predicted molar refractivity (Wildman–Crippen MR) is 107 cm³/mol. The smallest absolute Gasteiger partial charge is 0.406 e. The van der Waals surface area contributed by atoms with Crippen LogP contribution in [0.25, 0.3) is 11.3 Å².